The van der Waals surface area contributed by atoms with Crippen LogP contribution in [0, 0.1) is 11.3 Å². The molecule has 2 N–H and O–H groups in total. The van der Waals surface area contributed by atoms with Crippen LogP contribution in [0.2, 0.25) is 5.02 Å². The predicted octanol–water partition coefficient (Wildman–Crippen LogP) is 3.43. The molecule has 0 fully saturated rings. The monoisotopic (exact) mass is 289 g/mol. The first-order chi connectivity index (χ1) is 9.52. The fraction of sp³-hybridized carbons (Fsp3) is 0.267. The molecule has 0 radical (unpaired) electrons. The topological polar surface area (TPSA) is 64.0 Å². The van der Waals surface area contributed by atoms with E-state index in [4.69, 9.17) is 22.1 Å². The molecule has 0 spiro atoms. The van der Waals surface area contributed by atoms with Crippen molar-refractivity contribution in [3.63, 3.8) is 0 Å². The zero-order valence-electron chi connectivity index (χ0n) is 11.4. The number of nitrogens with two attached hydrogens (primary N) is 1. The predicted molar refractivity (Wildman–Crippen MR) is 79.9 cm³/mol. The van der Waals surface area contributed by atoms with Gasteiger partial charge in [-0.2, -0.15) is 5.26 Å². The van der Waals surface area contributed by atoms with Crippen LogP contribution in [0.15, 0.2) is 30.3 Å². The minimum Gasteiger partial charge on any atom is -0.475 e. The zero-order chi connectivity index (χ0) is 14.7. The van der Waals surface area contributed by atoms with Crippen molar-refractivity contribution in [1.82, 2.24) is 4.57 Å². The Bertz CT molecular complexity index is 656. The lowest BCUT2D eigenvalue weighted by molar-refractivity contribution is 0.224. The number of benzene rings is 1. The summed E-state index contributed by atoms with van der Waals surface area (Å²) in [6.07, 6.45) is -0.0243. The quantitative estimate of drug-likeness (QED) is 0.938. The smallest absolute Gasteiger partial charge is 0.219 e. The molecule has 104 valence electrons. The number of rotatable bonds is 4. The highest BCUT2D eigenvalue weighted by Crippen LogP contribution is 2.29. The molecule has 0 bridgehead atoms. The van der Waals surface area contributed by atoms with Gasteiger partial charge in [0.05, 0.1) is 18.3 Å². The summed E-state index contributed by atoms with van der Waals surface area (Å²) in [7, 11) is 0. The Balaban J connectivity index is 2.44. The molecule has 0 aliphatic rings. The van der Waals surface area contributed by atoms with Crippen LogP contribution in [-0.4, -0.2) is 10.7 Å². The number of anilines is 1. The van der Waals surface area contributed by atoms with Crippen molar-refractivity contribution in [2.75, 3.05) is 5.73 Å². The van der Waals surface area contributed by atoms with Gasteiger partial charge in [-0.15, -0.1) is 0 Å². The van der Waals surface area contributed by atoms with Crippen LogP contribution in [0.3, 0.4) is 0 Å². The van der Waals surface area contributed by atoms with E-state index < -0.39 is 0 Å². The number of halogens is 1. The molecule has 0 aliphatic heterocycles. The van der Waals surface area contributed by atoms with E-state index in [9.17, 15) is 5.26 Å². The summed E-state index contributed by atoms with van der Waals surface area (Å²) in [6, 6.07) is 11.3. The van der Waals surface area contributed by atoms with Gasteiger partial charge in [0.2, 0.25) is 5.88 Å². The summed E-state index contributed by atoms with van der Waals surface area (Å²) in [5.41, 5.74) is 7.76. The Hall–Kier alpha value is -2.12. The molecule has 20 heavy (non-hydrogen) atoms. The minimum atomic E-state index is -0.0243. The van der Waals surface area contributed by atoms with Gasteiger partial charge in [0.15, 0.2) is 0 Å². The summed E-state index contributed by atoms with van der Waals surface area (Å²) in [5, 5.41) is 9.87. The third-order valence-electron chi connectivity index (χ3n) is 2.82. The number of nitrogen functional groups attached to an aromatic ring is 1. The summed E-state index contributed by atoms with van der Waals surface area (Å²) in [4.78, 5) is 0. The van der Waals surface area contributed by atoms with E-state index in [1.807, 2.05) is 38.1 Å². The second-order valence-corrected chi connectivity index (χ2v) is 5.15. The van der Waals surface area contributed by atoms with Crippen molar-refractivity contribution >= 4 is 17.3 Å². The van der Waals surface area contributed by atoms with Crippen LogP contribution in [-0.2, 0) is 6.54 Å². The van der Waals surface area contributed by atoms with Gasteiger partial charge in [-0.05, 0) is 25.5 Å². The lowest BCUT2D eigenvalue weighted by Crippen LogP contribution is -2.13. The van der Waals surface area contributed by atoms with E-state index in [1.54, 1.807) is 10.6 Å². The van der Waals surface area contributed by atoms with E-state index in [1.165, 1.54) is 0 Å². The largest absolute Gasteiger partial charge is 0.475 e. The second-order valence-electron chi connectivity index (χ2n) is 4.75. The van der Waals surface area contributed by atoms with Gasteiger partial charge in [-0.3, -0.25) is 4.57 Å². The molecule has 0 amide bonds. The second kappa shape index (κ2) is 5.89. The van der Waals surface area contributed by atoms with Crippen LogP contribution in [0.5, 0.6) is 5.88 Å². The average Bonchev–Trinajstić information content (AvgIpc) is 2.69. The molecule has 4 nitrogen and oxygen atoms in total. The fourth-order valence-electron chi connectivity index (χ4n) is 1.95. The number of hydrogen-bond donors (Lipinski definition) is 1. The van der Waals surface area contributed by atoms with Gasteiger partial charge in [0, 0.05) is 11.1 Å². The van der Waals surface area contributed by atoms with Crippen LogP contribution < -0.4 is 10.5 Å². The zero-order valence-corrected chi connectivity index (χ0v) is 12.2. The van der Waals surface area contributed by atoms with Gasteiger partial charge in [-0.1, -0.05) is 29.8 Å². The molecular formula is C15H16ClN3O. The van der Waals surface area contributed by atoms with E-state index >= 15 is 0 Å². The van der Waals surface area contributed by atoms with E-state index in [2.05, 4.69) is 6.07 Å². The normalized spacial score (nSPS) is 10.6. The lowest BCUT2D eigenvalue weighted by Gasteiger charge is -2.15. The number of ether oxygens (including phenoxy) is 1. The van der Waals surface area contributed by atoms with Gasteiger partial charge in [-0.25, -0.2) is 0 Å². The van der Waals surface area contributed by atoms with Gasteiger partial charge in [0.25, 0.3) is 0 Å². The summed E-state index contributed by atoms with van der Waals surface area (Å²) in [5.74, 6) is 0.511. The minimum absolute atomic E-state index is 0.0243. The number of aromatic nitrogens is 1. The number of nitriles is 1. The molecule has 1 aromatic heterocycles. The summed E-state index contributed by atoms with van der Waals surface area (Å²) in [6.45, 7) is 4.28. The van der Waals surface area contributed by atoms with Crippen molar-refractivity contribution < 1.29 is 4.74 Å². The highest BCUT2D eigenvalue weighted by Gasteiger charge is 2.16. The Morgan fingerprint density at radius 3 is 2.70 bits per heavy atom. The highest BCUT2D eigenvalue weighted by molar-refractivity contribution is 6.31. The first-order valence-electron chi connectivity index (χ1n) is 6.32. The Labute approximate surface area is 123 Å². The standard InChI is InChI=1S/C15H16ClN3O/c1-10(2)20-15-14(18)7-12(8-17)19(15)9-11-5-3-4-6-13(11)16/h3-7,10H,9,18H2,1-2H3. The Morgan fingerprint density at radius 2 is 2.10 bits per heavy atom. The maximum absolute atomic E-state index is 9.22. The van der Waals surface area contributed by atoms with Crippen LogP contribution in [0.25, 0.3) is 0 Å². The highest BCUT2D eigenvalue weighted by atomic mass is 35.5. The van der Waals surface area contributed by atoms with Gasteiger partial charge < -0.3 is 10.5 Å². The van der Waals surface area contributed by atoms with Crippen molar-refractivity contribution in [3.05, 3.63) is 46.6 Å². The van der Waals surface area contributed by atoms with Crippen LogP contribution in [0.1, 0.15) is 25.1 Å². The van der Waals surface area contributed by atoms with Crippen LogP contribution in [0.4, 0.5) is 5.69 Å². The SMILES string of the molecule is CC(C)Oc1c(N)cc(C#N)n1Cc1ccccc1Cl. The first kappa shape index (κ1) is 14.3. The van der Waals surface area contributed by atoms with Gasteiger partial charge in [0.1, 0.15) is 11.8 Å². The third kappa shape index (κ3) is 2.89. The lowest BCUT2D eigenvalue weighted by atomic mass is 10.2. The molecule has 2 aromatic rings. The number of nitrogens with zero attached hydrogens (tertiary/aromatic N) is 2. The fourth-order valence-corrected chi connectivity index (χ4v) is 2.15. The Kier molecular flexibility index (Phi) is 4.21. The molecule has 5 heteroatoms. The first-order valence-corrected chi connectivity index (χ1v) is 6.70. The van der Waals surface area contributed by atoms with Crippen molar-refractivity contribution in [1.29, 1.82) is 5.26 Å². The maximum atomic E-state index is 9.22. The molecule has 2 rings (SSSR count). The molecule has 0 aliphatic carbocycles. The number of hydrogen-bond acceptors (Lipinski definition) is 3. The van der Waals surface area contributed by atoms with Crippen LogP contribution >= 0.6 is 11.6 Å². The molecule has 1 heterocycles. The Morgan fingerprint density at radius 1 is 1.40 bits per heavy atom. The third-order valence-corrected chi connectivity index (χ3v) is 3.19. The van der Waals surface area contributed by atoms with Gasteiger partial charge >= 0.3 is 0 Å². The average molecular weight is 290 g/mol. The summed E-state index contributed by atoms with van der Waals surface area (Å²) < 4.78 is 7.46. The van der Waals surface area contributed by atoms with E-state index in [0.717, 1.165) is 5.56 Å². The molecule has 0 saturated heterocycles. The molecule has 0 unspecified atom stereocenters. The molecule has 0 atom stereocenters. The molecular weight excluding hydrogens is 274 g/mol. The van der Waals surface area contributed by atoms with Crippen molar-refractivity contribution in [3.8, 4) is 11.9 Å². The van der Waals surface area contributed by atoms with E-state index in [-0.39, 0.29) is 6.10 Å². The van der Waals surface area contributed by atoms with Crippen molar-refractivity contribution in [2.45, 2.75) is 26.5 Å². The maximum Gasteiger partial charge on any atom is 0.219 e. The van der Waals surface area contributed by atoms with E-state index in [0.29, 0.717) is 28.8 Å². The molecule has 1 aromatic carbocycles. The molecule has 0 saturated carbocycles. The van der Waals surface area contributed by atoms with Crippen molar-refractivity contribution in [2.24, 2.45) is 0 Å². The summed E-state index contributed by atoms with van der Waals surface area (Å²) >= 11 is 6.17.